The van der Waals surface area contributed by atoms with Crippen LogP contribution >= 0.6 is 0 Å². The normalized spacial score (nSPS) is 11.0. The van der Waals surface area contributed by atoms with Gasteiger partial charge in [-0.3, -0.25) is 4.99 Å². The van der Waals surface area contributed by atoms with Gasteiger partial charge in [0, 0.05) is 11.6 Å². The van der Waals surface area contributed by atoms with Crippen LogP contribution in [-0.2, 0) is 0 Å². The summed E-state index contributed by atoms with van der Waals surface area (Å²) in [7, 11) is 1.60. The summed E-state index contributed by atoms with van der Waals surface area (Å²) in [4.78, 5) is 8.51. The van der Waals surface area contributed by atoms with Crippen molar-refractivity contribution in [2.24, 2.45) is 4.99 Å². The summed E-state index contributed by atoms with van der Waals surface area (Å²) in [6, 6.07) is 16.6. The van der Waals surface area contributed by atoms with E-state index in [2.05, 4.69) is 9.98 Å². The highest BCUT2D eigenvalue weighted by molar-refractivity contribution is 5.83. The van der Waals surface area contributed by atoms with Crippen molar-refractivity contribution >= 4 is 11.9 Å². The largest absolute Gasteiger partial charge is 0.497 e. The summed E-state index contributed by atoms with van der Waals surface area (Å²) in [5.41, 5.74) is 1.77. The molecular weight excluding hydrogens is 280 g/mol. The lowest BCUT2D eigenvalue weighted by atomic mass is 10.2. The van der Waals surface area contributed by atoms with Gasteiger partial charge in [-0.2, -0.15) is 0 Å². The molecule has 0 unspecified atom stereocenters. The van der Waals surface area contributed by atoms with E-state index in [1.54, 1.807) is 13.2 Å². The van der Waals surface area contributed by atoms with E-state index in [1.807, 2.05) is 48.5 Å². The average Bonchev–Trinajstić information content (AvgIpc) is 2.95. The molecule has 1 aromatic heterocycles. The van der Waals surface area contributed by atoms with E-state index in [-0.39, 0.29) is 11.6 Å². The molecule has 3 aromatic rings. The summed E-state index contributed by atoms with van der Waals surface area (Å²) in [6.45, 7) is 0. The maximum Gasteiger partial charge on any atom is 0.312 e. The van der Waals surface area contributed by atoms with Gasteiger partial charge in [-0.05, 0) is 24.3 Å². The number of aromatic hydroxyl groups is 1. The molecule has 0 aliphatic rings. The van der Waals surface area contributed by atoms with Crippen LogP contribution in [0.25, 0.3) is 11.5 Å². The predicted octanol–water partition coefficient (Wildman–Crippen LogP) is 3.81. The minimum absolute atomic E-state index is 0.259. The summed E-state index contributed by atoms with van der Waals surface area (Å²) < 4.78 is 10.4. The molecule has 0 atom stereocenters. The first-order valence-corrected chi connectivity index (χ1v) is 6.69. The van der Waals surface area contributed by atoms with Crippen molar-refractivity contribution in [1.29, 1.82) is 0 Å². The topological polar surface area (TPSA) is 67.9 Å². The summed E-state index contributed by atoms with van der Waals surface area (Å²) in [5, 5.41) is 9.83. The molecule has 3 rings (SSSR count). The van der Waals surface area contributed by atoms with Gasteiger partial charge in [0.2, 0.25) is 5.89 Å². The lowest BCUT2D eigenvalue weighted by Gasteiger charge is -1.99. The second-order valence-electron chi connectivity index (χ2n) is 4.54. The Morgan fingerprint density at radius 3 is 2.73 bits per heavy atom. The van der Waals surface area contributed by atoms with Crippen molar-refractivity contribution in [2.45, 2.75) is 0 Å². The summed E-state index contributed by atoms with van der Waals surface area (Å²) >= 11 is 0. The fourth-order valence-corrected chi connectivity index (χ4v) is 1.94. The van der Waals surface area contributed by atoms with Gasteiger partial charge in [0.1, 0.15) is 5.75 Å². The van der Waals surface area contributed by atoms with Crippen LogP contribution in [-0.4, -0.2) is 23.4 Å². The molecule has 0 fully saturated rings. The number of rotatable bonds is 4. The Kier molecular flexibility index (Phi) is 3.87. The van der Waals surface area contributed by atoms with Gasteiger partial charge in [-0.1, -0.05) is 24.3 Å². The Bertz CT molecular complexity index is 795. The smallest absolute Gasteiger partial charge is 0.312 e. The zero-order valence-corrected chi connectivity index (χ0v) is 11.9. The van der Waals surface area contributed by atoms with E-state index in [0.29, 0.717) is 17.3 Å². The van der Waals surface area contributed by atoms with E-state index in [9.17, 15) is 5.11 Å². The second kappa shape index (κ2) is 6.13. The third-order valence-corrected chi connectivity index (χ3v) is 3.04. The number of hydrogen-bond donors (Lipinski definition) is 1. The molecule has 0 aliphatic heterocycles. The molecule has 0 bridgehead atoms. The molecular formula is C17H14N2O3. The molecule has 22 heavy (non-hydrogen) atoms. The molecule has 110 valence electrons. The number of hydrogen-bond acceptors (Lipinski definition) is 5. The maximum atomic E-state index is 9.83. The van der Waals surface area contributed by atoms with Crippen molar-refractivity contribution in [2.75, 3.05) is 7.11 Å². The van der Waals surface area contributed by atoms with Crippen LogP contribution in [0.5, 0.6) is 11.7 Å². The summed E-state index contributed by atoms with van der Waals surface area (Å²) in [6.07, 6.45) is 1.46. The maximum absolute atomic E-state index is 9.83. The number of benzene rings is 2. The van der Waals surface area contributed by atoms with Gasteiger partial charge in [-0.15, -0.1) is 0 Å². The van der Waals surface area contributed by atoms with Crippen LogP contribution in [0.2, 0.25) is 0 Å². The van der Waals surface area contributed by atoms with Crippen LogP contribution in [0.15, 0.2) is 64.0 Å². The van der Waals surface area contributed by atoms with Gasteiger partial charge >= 0.3 is 5.95 Å². The Hall–Kier alpha value is -3.08. The van der Waals surface area contributed by atoms with Crippen LogP contribution in [0, 0.1) is 0 Å². The van der Waals surface area contributed by atoms with Crippen LogP contribution in [0.3, 0.4) is 0 Å². The van der Waals surface area contributed by atoms with E-state index in [4.69, 9.17) is 9.15 Å². The van der Waals surface area contributed by atoms with Crippen LogP contribution in [0.1, 0.15) is 5.69 Å². The van der Waals surface area contributed by atoms with Crippen molar-refractivity contribution < 1.29 is 14.3 Å². The van der Waals surface area contributed by atoms with E-state index in [0.717, 1.165) is 5.56 Å². The Labute approximate surface area is 127 Å². The number of methoxy groups -OCH3 is 1. The molecule has 0 aliphatic carbocycles. The fraction of sp³-hybridized carbons (Fsp3) is 0.0588. The molecule has 0 spiro atoms. The lowest BCUT2D eigenvalue weighted by molar-refractivity contribution is 0.337. The van der Waals surface area contributed by atoms with Gasteiger partial charge in [0.25, 0.3) is 0 Å². The molecule has 2 aromatic carbocycles. The first kappa shape index (κ1) is 13.9. The van der Waals surface area contributed by atoms with Crippen molar-refractivity contribution in [3.05, 3.63) is 60.3 Å². The zero-order chi connectivity index (χ0) is 15.4. The van der Waals surface area contributed by atoms with Crippen molar-refractivity contribution in [3.8, 4) is 23.1 Å². The Morgan fingerprint density at radius 1 is 1.14 bits per heavy atom. The first-order chi connectivity index (χ1) is 10.8. The minimum Gasteiger partial charge on any atom is -0.497 e. The molecule has 0 radical (unpaired) electrons. The van der Waals surface area contributed by atoms with Gasteiger partial charge < -0.3 is 14.3 Å². The van der Waals surface area contributed by atoms with E-state index < -0.39 is 0 Å². The molecule has 1 heterocycles. The third kappa shape index (κ3) is 2.98. The fourth-order valence-electron chi connectivity index (χ4n) is 1.94. The highest BCUT2D eigenvalue weighted by Crippen LogP contribution is 2.26. The quantitative estimate of drug-likeness (QED) is 0.743. The minimum atomic E-state index is -0.259. The average molecular weight is 294 g/mol. The number of ether oxygens (including phenoxy) is 1. The Balaban J connectivity index is 1.86. The highest BCUT2D eigenvalue weighted by Gasteiger charge is 2.11. The van der Waals surface area contributed by atoms with Gasteiger partial charge in [-0.25, -0.2) is 4.98 Å². The standard InChI is InChI=1S/C17H14N2O3/c1-21-14-9-5-8-13(10-14)18-11-15-17(20)22-16(19-15)12-6-3-2-4-7-12/h2-11,20H,1H3. The van der Waals surface area contributed by atoms with Crippen LogP contribution < -0.4 is 4.74 Å². The first-order valence-electron chi connectivity index (χ1n) is 6.69. The Morgan fingerprint density at radius 2 is 1.95 bits per heavy atom. The van der Waals surface area contributed by atoms with Crippen molar-refractivity contribution in [3.63, 3.8) is 0 Å². The van der Waals surface area contributed by atoms with Crippen molar-refractivity contribution in [1.82, 2.24) is 4.98 Å². The number of aromatic nitrogens is 1. The highest BCUT2D eigenvalue weighted by atomic mass is 16.5. The zero-order valence-electron chi connectivity index (χ0n) is 11.9. The number of nitrogens with zero attached hydrogens (tertiary/aromatic N) is 2. The lowest BCUT2D eigenvalue weighted by Crippen LogP contribution is -1.83. The predicted molar refractivity (Wildman–Crippen MR) is 83.9 cm³/mol. The molecule has 1 N–H and O–H groups in total. The molecule has 0 saturated carbocycles. The van der Waals surface area contributed by atoms with Gasteiger partial charge in [0.15, 0.2) is 5.69 Å². The summed E-state index contributed by atoms with van der Waals surface area (Å²) in [5.74, 6) is 0.805. The number of aliphatic imine (C=N–C) groups is 1. The molecule has 5 heteroatoms. The third-order valence-electron chi connectivity index (χ3n) is 3.04. The van der Waals surface area contributed by atoms with E-state index >= 15 is 0 Å². The van der Waals surface area contributed by atoms with Crippen LogP contribution in [0.4, 0.5) is 5.69 Å². The van der Waals surface area contributed by atoms with Gasteiger partial charge in [0.05, 0.1) is 19.0 Å². The van der Waals surface area contributed by atoms with E-state index in [1.165, 1.54) is 6.21 Å². The molecule has 0 saturated heterocycles. The SMILES string of the molecule is COc1cccc(N=Cc2nc(-c3ccccc3)oc2O)c1. The number of oxazole rings is 1. The molecule has 5 nitrogen and oxygen atoms in total. The monoisotopic (exact) mass is 294 g/mol. The molecule has 0 amide bonds. The second-order valence-corrected chi connectivity index (χ2v) is 4.54.